The Morgan fingerprint density at radius 1 is 1.10 bits per heavy atom. The molecule has 2 aromatic rings. The van der Waals surface area contributed by atoms with Crippen LogP contribution in [0.4, 0.5) is 4.39 Å². The number of hydrogen-bond acceptors (Lipinski definition) is 2. The third-order valence-corrected chi connectivity index (χ3v) is 4.60. The minimum absolute atomic E-state index is 0.279. The molecule has 2 aromatic carbocycles. The topological polar surface area (TPSA) is 37.3 Å². The predicted octanol–water partition coefficient (Wildman–Crippen LogP) is 5.38. The molecule has 0 unspecified atom stereocenters. The fraction of sp³-hybridized carbons (Fsp3) is 0. The van der Waals surface area contributed by atoms with E-state index in [1.807, 2.05) is 0 Å². The molecule has 0 atom stereocenters. The summed E-state index contributed by atoms with van der Waals surface area (Å²) in [6.07, 6.45) is 2.37. The molecular weight excluding hydrogens is 334 g/mol. The van der Waals surface area contributed by atoms with Crippen molar-refractivity contribution in [2.45, 2.75) is 9.79 Å². The van der Waals surface area contributed by atoms with Crippen LogP contribution in [0, 0.1) is 5.82 Å². The minimum Gasteiger partial charge on any atom is -0.478 e. The molecule has 6 heteroatoms. The highest BCUT2D eigenvalue weighted by Crippen LogP contribution is 2.39. The first kappa shape index (κ1) is 15.9. The highest BCUT2D eigenvalue weighted by atomic mass is 35.5. The van der Waals surface area contributed by atoms with Gasteiger partial charge in [-0.2, -0.15) is 0 Å². The second-order valence-electron chi connectivity index (χ2n) is 4.01. The van der Waals surface area contributed by atoms with Crippen molar-refractivity contribution in [3.05, 3.63) is 63.9 Å². The van der Waals surface area contributed by atoms with Crippen LogP contribution in [0.3, 0.4) is 0 Å². The quantitative estimate of drug-likeness (QED) is 0.757. The van der Waals surface area contributed by atoms with Gasteiger partial charge in [0.15, 0.2) is 0 Å². The van der Waals surface area contributed by atoms with Crippen molar-refractivity contribution in [3.63, 3.8) is 0 Å². The molecule has 0 saturated carbocycles. The molecule has 0 fully saturated rings. The standard InChI is InChI=1S/C15H9Cl2FO2S/c16-14-9(2-8-13(19)20)1-7-12(15(14)17)21-11-5-3-10(18)4-6-11/h1-8H,(H,19,20). The summed E-state index contributed by atoms with van der Waals surface area (Å²) in [7, 11) is 0. The van der Waals surface area contributed by atoms with E-state index in [1.54, 1.807) is 24.3 Å². The summed E-state index contributed by atoms with van der Waals surface area (Å²) in [5.74, 6) is -1.37. The number of rotatable bonds is 4. The van der Waals surface area contributed by atoms with Gasteiger partial charge in [0.05, 0.1) is 10.0 Å². The molecule has 0 radical (unpaired) electrons. The van der Waals surface area contributed by atoms with Gasteiger partial charge in [0.1, 0.15) is 5.82 Å². The van der Waals surface area contributed by atoms with Crippen molar-refractivity contribution in [1.29, 1.82) is 0 Å². The van der Waals surface area contributed by atoms with Gasteiger partial charge in [0, 0.05) is 15.9 Å². The molecular formula is C15H9Cl2FO2S. The fourth-order valence-corrected chi connectivity index (χ4v) is 2.97. The molecule has 2 nitrogen and oxygen atoms in total. The maximum Gasteiger partial charge on any atom is 0.328 e. The smallest absolute Gasteiger partial charge is 0.328 e. The van der Waals surface area contributed by atoms with Crippen molar-refractivity contribution in [3.8, 4) is 0 Å². The molecule has 0 aromatic heterocycles. The molecule has 0 aliphatic heterocycles. The van der Waals surface area contributed by atoms with Crippen molar-refractivity contribution in [2.24, 2.45) is 0 Å². The molecule has 0 amide bonds. The molecule has 0 spiro atoms. The van der Waals surface area contributed by atoms with Crippen LogP contribution in [0.2, 0.25) is 10.0 Å². The largest absolute Gasteiger partial charge is 0.478 e. The van der Waals surface area contributed by atoms with E-state index in [0.29, 0.717) is 15.5 Å². The Kier molecular flexibility index (Phi) is 5.28. The SMILES string of the molecule is O=C(O)C=Cc1ccc(Sc2ccc(F)cc2)c(Cl)c1Cl. The van der Waals surface area contributed by atoms with E-state index in [2.05, 4.69) is 0 Å². The number of halogens is 3. The molecule has 108 valence electrons. The number of hydrogen-bond donors (Lipinski definition) is 1. The zero-order valence-corrected chi connectivity index (χ0v) is 12.8. The normalized spacial score (nSPS) is 11.0. The summed E-state index contributed by atoms with van der Waals surface area (Å²) >= 11 is 13.7. The molecule has 1 N–H and O–H groups in total. The number of carboxylic acids is 1. The third kappa shape index (κ3) is 4.24. The van der Waals surface area contributed by atoms with E-state index in [1.165, 1.54) is 30.0 Å². The Morgan fingerprint density at radius 3 is 2.38 bits per heavy atom. The van der Waals surface area contributed by atoms with Crippen LogP contribution >= 0.6 is 35.0 Å². The van der Waals surface area contributed by atoms with Gasteiger partial charge in [-0.1, -0.05) is 41.0 Å². The van der Waals surface area contributed by atoms with E-state index in [-0.39, 0.29) is 10.8 Å². The molecule has 21 heavy (non-hydrogen) atoms. The monoisotopic (exact) mass is 342 g/mol. The summed E-state index contributed by atoms with van der Waals surface area (Å²) in [5.41, 5.74) is 0.521. The van der Waals surface area contributed by atoms with Gasteiger partial charge in [-0.15, -0.1) is 0 Å². The summed E-state index contributed by atoms with van der Waals surface area (Å²) in [4.78, 5) is 12.0. The van der Waals surface area contributed by atoms with Crippen LogP contribution in [0.5, 0.6) is 0 Å². The summed E-state index contributed by atoms with van der Waals surface area (Å²) in [6.45, 7) is 0. The Bertz CT molecular complexity index is 700. The minimum atomic E-state index is -1.06. The number of benzene rings is 2. The van der Waals surface area contributed by atoms with E-state index >= 15 is 0 Å². The number of carbonyl (C=O) groups is 1. The first-order valence-corrected chi connectivity index (χ1v) is 7.37. The van der Waals surface area contributed by atoms with Crippen LogP contribution < -0.4 is 0 Å². The average Bonchev–Trinajstić information content (AvgIpc) is 2.45. The second kappa shape index (κ2) is 6.98. The van der Waals surface area contributed by atoms with Gasteiger partial charge in [-0.05, 0) is 42.0 Å². The van der Waals surface area contributed by atoms with Gasteiger partial charge in [0.25, 0.3) is 0 Å². The molecule has 0 heterocycles. The second-order valence-corrected chi connectivity index (χ2v) is 5.88. The first-order valence-electron chi connectivity index (χ1n) is 5.80. The molecule has 0 bridgehead atoms. The zero-order valence-electron chi connectivity index (χ0n) is 10.5. The van der Waals surface area contributed by atoms with Crippen LogP contribution in [-0.4, -0.2) is 11.1 Å². The number of aliphatic carboxylic acids is 1. The lowest BCUT2D eigenvalue weighted by molar-refractivity contribution is -0.131. The zero-order chi connectivity index (χ0) is 15.4. The maximum absolute atomic E-state index is 12.9. The van der Waals surface area contributed by atoms with E-state index < -0.39 is 5.97 Å². The lowest BCUT2D eigenvalue weighted by Crippen LogP contribution is -1.87. The fourth-order valence-electron chi connectivity index (χ4n) is 1.54. The van der Waals surface area contributed by atoms with E-state index in [9.17, 15) is 9.18 Å². The maximum atomic E-state index is 12.9. The van der Waals surface area contributed by atoms with Gasteiger partial charge in [-0.3, -0.25) is 0 Å². The van der Waals surface area contributed by atoms with Crippen LogP contribution in [0.1, 0.15) is 5.56 Å². The van der Waals surface area contributed by atoms with Crippen molar-refractivity contribution < 1.29 is 14.3 Å². The van der Waals surface area contributed by atoms with Gasteiger partial charge >= 0.3 is 5.97 Å². The summed E-state index contributed by atoms with van der Waals surface area (Å²) < 4.78 is 12.9. The van der Waals surface area contributed by atoms with Crippen molar-refractivity contribution in [2.75, 3.05) is 0 Å². The predicted molar refractivity (Wildman–Crippen MR) is 83.7 cm³/mol. The van der Waals surface area contributed by atoms with Gasteiger partial charge < -0.3 is 5.11 Å². The lowest BCUT2D eigenvalue weighted by atomic mass is 10.2. The number of carboxylic acid groups (broad SMARTS) is 1. The average molecular weight is 343 g/mol. The first-order chi connectivity index (χ1) is 9.97. The summed E-state index contributed by atoms with van der Waals surface area (Å²) in [5, 5.41) is 9.22. The third-order valence-electron chi connectivity index (χ3n) is 2.52. The lowest BCUT2D eigenvalue weighted by Gasteiger charge is -2.08. The Morgan fingerprint density at radius 2 is 1.76 bits per heavy atom. The highest BCUT2D eigenvalue weighted by molar-refractivity contribution is 7.99. The Hall–Kier alpha value is -1.49. The van der Waals surface area contributed by atoms with Crippen LogP contribution in [0.15, 0.2) is 52.3 Å². The van der Waals surface area contributed by atoms with Gasteiger partial charge in [0.2, 0.25) is 0 Å². The molecule has 0 aliphatic carbocycles. The Labute approximate surface area is 135 Å². The van der Waals surface area contributed by atoms with Crippen molar-refractivity contribution >= 4 is 47.0 Å². The van der Waals surface area contributed by atoms with E-state index in [4.69, 9.17) is 28.3 Å². The Balaban J connectivity index is 2.28. The van der Waals surface area contributed by atoms with Gasteiger partial charge in [-0.25, -0.2) is 9.18 Å². The molecule has 0 aliphatic rings. The molecule has 2 rings (SSSR count). The molecule has 0 saturated heterocycles. The van der Waals surface area contributed by atoms with E-state index in [0.717, 1.165) is 11.0 Å². The highest BCUT2D eigenvalue weighted by Gasteiger charge is 2.10. The van der Waals surface area contributed by atoms with Crippen molar-refractivity contribution in [1.82, 2.24) is 0 Å². The summed E-state index contributed by atoms with van der Waals surface area (Å²) in [6, 6.07) is 9.43. The van der Waals surface area contributed by atoms with Crippen LogP contribution in [-0.2, 0) is 4.79 Å². The van der Waals surface area contributed by atoms with Crippen LogP contribution in [0.25, 0.3) is 6.08 Å².